The molecule has 0 saturated carbocycles. The van der Waals surface area contributed by atoms with Crippen LogP contribution in [0.1, 0.15) is 34.7 Å². The molecule has 0 fully saturated rings. The normalized spacial score (nSPS) is 12.6. The summed E-state index contributed by atoms with van der Waals surface area (Å²) in [7, 11) is 0. The highest BCUT2D eigenvalue weighted by Gasteiger charge is 2.27. The Balaban J connectivity index is 1.25. The second-order valence-electron chi connectivity index (χ2n) is 12.2. The van der Waals surface area contributed by atoms with Crippen molar-refractivity contribution in [2.24, 2.45) is 0 Å². The van der Waals surface area contributed by atoms with E-state index in [1.54, 1.807) is 0 Å². The van der Waals surface area contributed by atoms with Gasteiger partial charge in [-0.2, -0.15) is 0 Å². The Morgan fingerprint density at radius 2 is 0.880 bits per heavy atom. The third kappa shape index (κ3) is 5.71. The highest BCUT2D eigenvalue weighted by atomic mass is 16.5. The van der Waals surface area contributed by atoms with Crippen LogP contribution in [-0.4, -0.2) is 19.3 Å². The third-order valence-electron chi connectivity index (χ3n) is 9.21. The molecule has 0 spiro atoms. The molecule has 3 aromatic heterocycles. The monoisotopic (exact) mass is 652 g/mol. The van der Waals surface area contributed by atoms with Gasteiger partial charge in [-0.05, 0) is 57.9 Å². The minimum atomic E-state index is -0.467. The molecule has 0 unspecified atom stereocenters. The summed E-state index contributed by atoms with van der Waals surface area (Å²) in [4.78, 5) is 0. The summed E-state index contributed by atoms with van der Waals surface area (Å²) in [5, 5.41) is 15.6. The summed E-state index contributed by atoms with van der Waals surface area (Å²) in [6, 6.07) is 45.7. The van der Waals surface area contributed by atoms with Gasteiger partial charge in [0.1, 0.15) is 0 Å². The molecule has 8 aromatic rings. The maximum absolute atomic E-state index is 6.98. The van der Waals surface area contributed by atoms with Gasteiger partial charge in [-0.15, -0.1) is 23.4 Å². The second kappa shape index (κ2) is 13.6. The van der Waals surface area contributed by atoms with Gasteiger partial charge in [0, 0.05) is 36.6 Å². The van der Waals surface area contributed by atoms with E-state index in [1.165, 1.54) is 0 Å². The van der Waals surface area contributed by atoms with Gasteiger partial charge in [0.2, 0.25) is 11.8 Å². The molecule has 0 N–H and O–H groups in total. The molecule has 50 heavy (non-hydrogen) atoms. The summed E-state index contributed by atoms with van der Waals surface area (Å²) in [6.07, 6.45) is 6.95. The number of hydrogen-bond donors (Lipinski definition) is 0. The van der Waals surface area contributed by atoms with E-state index >= 15 is 0 Å². The molecule has 0 aliphatic rings. The zero-order chi connectivity index (χ0) is 33.9. The quantitative estimate of drug-likeness (QED) is 0.123. The molecule has 0 bridgehead atoms. The van der Waals surface area contributed by atoms with Crippen LogP contribution < -0.4 is 9.47 Å². The Bertz CT molecular complexity index is 2290. The van der Waals surface area contributed by atoms with Crippen molar-refractivity contribution in [3.05, 3.63) is 194 Å². The Labute approximate surface area is 291 Å². The third-order valence-corrected chi connectivity index (χ3v) is 9.21. The number of rotatable bonds is 12. The summed E-state index contributed by atoms with van der Waals surface area (Å²) in [6.45, 7) is 9.27. The van der Waals surface area contributed by atoms with E-state index in [9.17, 15) is 0 Å². The van der Waals surface area contributed by atoms with Crippen molar-refractivity contribution in [2.45, 2.75) is 25.3 Å². The van der Waals surface area contributed by atoms with Crippen LogP contribution >= 0.6 is 0 Å². The fraction of sp³-hybridized carbons (Fsp3) is 0.0909. The number of ether oxygens (including phenoxy) is 2. The number of benzene rings is 5. The smallest absolute Gasteiger partial charge is 0.242 e. The van der Waals surface area contributed by atoms with Gasteiger partial charge in [-0.1, -0.05) is 109 Å². The van der Waals surface area contributed by atoms with Crippen LogP contribution in [-0.2, 0) is 13.1 Å². The van der Waals surface area contributed by atoms with Crippen molar-refractivity contribution in [3.63, 3.8) is 0 Å². The van der Waals surface area contributed by atoms with Crippen LogP contribution in [0, 0.1) is 0 Å². The molecule has 0 aliphatic heterocycles. The topological polar surface area (TPSA) is 54.1 Å². The molecule has 2 atom stereocenters. The van der Waals surface area contributed by atoms with Crippen molar-refractivity contribution in [2.75, 3.05) is 0 Å². The van der Waals surface area contributed by atoms with Gasteiger partial charge in [0.25, 0.3) is 0 Å². The van der Waals surface area contributed by atoms with Crippen LogP contribution in [0.5, 0.6) is 11.8 Å². The molecule has 0 amide bonds. The average Bonchev–Trinajstić information content (AvgIpc) is 3.83. The van der Waals surface area contributed by atoms with Gasteiger partial charge in [-0.25, -0.2) is 0 Å². The van der Waals surface area contributed by atoms with Crippen molar-refractivity contribution in [3.8, 4) is 11.8 Å². The van der Waals surface area contributed by atoms with Crippen molar-refractivity contribution in [1.82, 2.24) is 19.3 Å². The van der Waals surface area contributed by atoms with Crippen molar-refractivity contribution in [1.29, 1.82) is 0 Å². The SMILES string of the molecule is C=CCn1cccc1[C@H](Oc1nnc(O[C@H](c2cccc3ccccc23)c2cccn2CC=C)c2ccccc12)c1cccc2ccccc12. The number of fused-ring (bicyclic) bond motifs is 3. The van der Waals surface area contributed by atoms with Crippen molar-refractivity contribution < 1.29 is 9.47 Å². The Hall–Kier alpha value is -6.40. The summed E-state index contributed by atoms with van der Waals surface area (Å²) in [5.41, 5.74) is 4.06. The predicted molar refractivity (Wildman–Crippen MR) is 202 cm³/mol. The standard InChI is InChI=1S/C44H36N4O2/c1-3-27-47-29-13-25-39(47)41(35-23-11-17-31-15-5-7-19-33(31)35)49-43-37-21-9-10-22-38(37)44(46-45-43)50-42(40-26-14-30-48(40)28-4-2)36-24-12-18-32-16-6-8-20-34(32)36/h3-26,29-30,41-42H,1-2,27-28H2/t41-,42-/m1/s1. The fourth-order valence-electron chi connectivity index (χ4n) is 6.92. The molecule has 6 nitrogen and oxygen atoms in total. The van der Waals surface area contributed by atoms with E-state index < -0.39 is 12.2 Å². The molecule has 3 heterocycles. The van der Waals surface area contributed by atoms with Crippen LogP contribution in [0.2, 0.25) is 0 Å². The predicted octanol–water partition coefficient (Wildman–Crippen LogP) is 10.2. The summed E-state index contributed by atoms with van der Waals surface area (Å²) < 4.78 is 18.3. The summed E-state index contributed by atoms with van der Waals surface area (Å²) in [5.74, 6) is 0.850. The van der Waals surface area contributed by atoms with Crippen molar-refractivity contribution >= 4 is 32.3 Å². The minimum absolute atomic E-state index is 0.425. The Kier molecular flexibility index (Phi) is 8.41. The number of allylic oxidation sites excluding steroid dienone is 2. The molecule has 6 heteroatoms. The van der Waals surface area contributed by atoms with Gasteiger partial charge >= 0.3 is 0 Å². The molecule has 5 aromatic carbocycles. The maximum Gasteiger partial charge on any atom is 0.242 e. The Morgan fingerprint density at radius 1 is 0.480 bits per heavy atom. The van der Waals surface area contributed by atoms with Gasteiger partial charge in [0.15, 0.2) is 12.2 Å². The lowest BCUT2D eigenvalue weighted by Crippen LogP contribution is -2.17. The highest BCUT2D eigenvalue weighted by Crippen LogP contribution is 2.39. The van der Waals surface area contributed by atoms with E-state index in [-0.39, 0.29) is 0 Å². The van der Waals surface area contributed by atoms with Gasteiger partial charge in [0.05, 0.1) is 22.2 Å². The molecular formula is C44H36N4O2. The van der Waals surface area contributed by atoms with Crippen LogP contribution in [0.4, 0.5) is 0 Å². The lowest BCUT2D eigenvalue weighted by Gasteiger charge is -2.24. The molecule has 0 saturated heterocycles. The maximum atomic E-state index is 6.98. The summed E-state index contributed by atoms with van der Waals surface area (Å²) >= 11 is 0. The minimum Gasteiger partial charge on any atom is -0.461 e. The van der Waals surface area contributed by atoms with E-state index in [4.69, 9.17) is 19.7 Å². The first-order chi connectivity index (χ1) is 24.7. The van der Waals surface area contributed by atoms with Crippen LogP contribution in [0.15, 0.2) is 171 Å². The van der Waals surface area contributed by atoms with E-state index in [0.717, 1.165) is 54.8 Å². The lowest BCUT2D eigenvalue weighted by atomic mass is 9.98. The van der Waals surface area contributed by atoms with Gasteiger partial charge in [-0.3, -0.25) is 0 Å². The molecule has 0 aliphatic carbocycles. The van der Waals surface area contributed by atoms with Crippen LogP contribution in [0.25, 0.3) is 32.3 Å². The number of hydrogen-bond acceptors (Lipinski definition) is 4. The van der Waals surface area contributed by atoms with E-state index in [1.807, 2.05) is 48.6 Å². The molecule has 244 valence electrons. The molecular weight excluding hydrogens is 617 g/mol. The zero-order valence-electron chi connectivity index (χ0n) is 27.6. The largest absolute Gasteiger partial charge is 0.461 e. The lowest BCUT2D eigenvalue weighted by molar-refractivity contribution is 0.217. The Morgan fingerprint density at radius 3 is 1.32 bits per heavy atom. The highest BCUT2D eigenvalue weighted by molar-refractivity contribution is 5.91. The second-order valence-corrected chi connectivity index (χ2v) is 12.2. The zero-order valence-corrected chi connectivity index (χ0v) is 27.6. The fourth-order valence-corrected chi connectivity index (χ4v) is 6.92. The van der Waals surface area contributed by atoms with Gasteiger partial charge < -0.3 is 18.6 Å². The van der Waals surface area contributed by atoms with E-state index in [2.05, 4.69) is 132 Å². The first-order valence-electron chi connectivity index (χ1n) is 16.8. The van der Waals surface area contributed by atoms with E-state index in [0.29, 0.717) is 24.8 Å². The molecule has 0 radical (unpaired) electrons. The first-order valence-corrected chi connectivity index (χ1v) is 16.8. The first kappa shape index (κ1) is 30.9. The number of nitrogens with zero attached hydrogens (tertiary/aromatic N) is 4. The average molecular weight is 653 g/mol. The van der Waals surface area contributed by atoms with Crippen LogP contribution in [0.3, 0.4) is 0 Å². The molecule has 8 rings (SSSR count). The number of aromatic nitrogens is 4.